The van der Waals surface area contributed by atoms with Gasteiger partial charge < -0.3 is 20.0 Å². The number of piperidine rings is 2. The molecule has 1 unspecified atom stereocenters. The fourth-order valence-corrected chi connectivity index (χ4v) is 7.13. The first-order chi connectivity index (χ1) is 18.0. The maximum Gasteiger partial charge on any atom is 0.188 e. The summed E-state index contributed by atoms with van der Waals surface area (Å²) in [5.41, 5.74) is 7.82. The highest BCUT2D eigenvalue weighted by molar-refractivity contribution is 7.80. The maximum atomic E-state index is 10.5. The van der Waals surface area contributed by atoms with E-state index >= 15 is 0 Å². The molecule has 1 aliphatic carbocycles. The van der Waals surface area contributed by atoms with E-state index in [0.717, 1.165) is 44.3 Å². The fraction of sp³-hybridized carbons (Fsp3) is 0.548. The zero-order valence-corrected chi connectivity index (χ0v) is 23.5. The van der Waals surface area contributed by atoms with Crippen molar-refractivity contribution in [2.45, 2.75) is 70.1 Å². The van der Waals surface area contributed by atoms with Crippen LogP contribution in [0.15, 0.2) is 30.3 Å². The van der Waals surface area contributed by atoms with Crippen LogP contribution in [0.25, 0.3) is 11.1 Å². The molecule has 2 aliphatic heterocycles. The zero-order valence-electron chi connectivity index (χ0n) is 21.9. The molecule has 3 aliphatic rings. The molecule has 2 aromatic rings. The quantitative estimate of drug-likeness (QED) is 0.321. The van der Waals surface area contributed by atoms with Gasteiger partial charge in [0, 0.05) is 17.0 Å². The van der Waals surface area contributed by atoms with Gasteiger partial charge in [0.05, 0.1) is 0 Å². The minimum atomic E-state index is -0.0511. The summed E-state index contributed by atoms with van der Waals surface area (Å²) in [6.45, 7) is 7.05. The second-order valence-corrected chi connectivity index (χ2v) is 11.8. The molecule has 37 heavy (non-hydrogen) atoms. The smallest absolute Gasteiger partial charge is 0.188 e. The van der Waals surface area contributed by atoms with Crippen molar-refractivity contribution in [3.8, 4) is 11.1 Å². The van der Waals surface area contributed by atoms with Crippen molar-refractivity contribution in [2.24, 2.45) is 0 Å². The SMILES string of the molecule is OC(=S)c1ccc2c(c1)C(CCCN1CCCCC1)c1c-2ccc(C(O)=S)c1CCCN1CCCCC1. The average Bonchev–Trinajstić information content (AvgIpc) is 3.23. The van der Waals surface area contributed by atoms with E-state index in [1.165, 1.54) is 92.5 Å². The van der Waals surface area contributed by atoms with Crippen LogP contribution in [0, 0.1) is 0 Å². The third kappa shape index (κ3) is 6.08. The third-order valence-electron chi connectivity index (χ3n) is 8.67. The lowest BCUT2D eigenvalue weighted by molar-refractivity contribution is 0.224. The maximum absolute atomic E-state index is 10.5. The van der Waals surface area contributed by atoms with Gasteiger partial charge in [-0.3, -0.25) is 0 Å². The minimum absolute atomic E-state index is 0.00368. The van der Waals surface area contributed by atoms with Crippen LogP contribution in [0.1, 0.15) is 91.5 Å². The normalized spacial score (nSPS) is 19.9. The van der Waals surface area contributed by atoms with Crippen LogP contribution in [0.5, 0.6) is 0 Å². The van der Waals surface area contributed by atoms with Crippen molar-refractivity contribution in [1.29, 1.82) is 0 Å². The Hall–Kier alpha value is -1.86. The molecule has 0 saturated carbocycles. The summed E-state index contributed by atoms with van der Waals surface area (Å²) in [5, 5.41) is 20.5. The van der Waals surface area contributed by atoms with E-state index in [1.807, 2.05) is 12.1 Å². The van der Waals surface area contributed by atoms with Gasteiger partial charge in [-0.15, -0.1) is 0 Å². The highest BCUT2D eigenvalue weighted by Gasteiger charge is 2.33. The number of hydrogen-bond donors (Lipinski definition) is 2. The number of nitrogens with zero attached hydrogens (tertiary/aromatic N) is 2. The van der Waals surface area contributed by atoms with E-state index < -0.39 is 0 Å². The molecule has 2 heterocycles. The van der Waals surface area contributed by atoms with Crippen LogP contribution in [0.2, 0.25) is 0 Å². The van der Waals surface area contributed by atoms with Crippen LogP contribution in [0.4, 0.5) is 0 Å². The lowest BCUT2D eigenvalue weighted by Crippen LogP contribution is -2.31. The van der Waals surface area contributed by atoms with Crippen LogP contribution in [-0.4, -0.2) is 69.4 Å². The molecular weight excluding hydrogens is 496 g/mol. The summed E-state index contributed by atoms with van der Waals surface area (Å²) in [7, 11) is 0. The molecule has 6 heteroatoms. The third-order valence-corrected chi connectivity index (χ3v) is 9.12. The number of fused-ring (bicyclic) bond motifs is 3. The second-order valence-electron chi connectivity index (χ2n) is 11.1. The van der Waals surface area contributed by atoms with E-state index in [4.69, 9.17) is 24.4 Å². The predicted octanol–water partition coefficient (Wildman–Crippen LogP) is 6.95. The van der Waals surface area contributed by atoms with E-state index in [1.54, 1.807) is 0 Å². The molecule has 2 aromatic carbocycles. The summed E-state index contributed by atoms with van der Waals surface area (Å²) in [6, 6.07) is 10.3. The van der Waals surface area contributed by atoms with Crippen molar-refractivity contribution < 1.29 is 10.2 Å². The van der Waals surface area contributed by atoms with E-state index in [9.17, 15) is 10.2 Å². The van der Waals surface area contributed by atoms with Crippen LogP contribution >= 0.6 is 24.4 Å². The summed E-state index contributed by atoms with van der Waals surface area (Å²) < 4.78 is 0. The monoisotopic (exact) mass is 536 g/mol. The van der Waals surface area contributed by atoms with Crippen LogP contribution in [-0.2, 0) is 6.42 Å². The Morgan fingerprint density at radius 2 is 1.38 bits per heavy atom. The molecule has 4 nitrogen and oxygen atoms in total. The molecular formula is C31H40N2O2S2. The van der Waals surface area contributed by atoms with Gasteiger partial charge in [-0.2, -0.15) is 0 Å². The van der Waals surface area contributed by atoms with Gasteiger partial charge in [0.2, 0.25) is 0 Å². The Kier molecular flexibility index (Phi) is 8.91. The largest absolute Gasteiger partial charge is 0.499 e. The van der Waals surface area contributed by atoms with E-state index in [0.29, 0.717) is 5.56 Å². The van der Waals surface area contributed by atoms with E-state index in [-0.39, 0.29) is 16.0 Å². The Labute approximate surface area is 232 Å². The van der Waals surface area contributed by atoms with E-state index in [2.05, 4.69) is 28.0 Å². The zero-order chi connectivity index (χ0) is 25.8. The molecule has 1 atom stereocenters. The van der Waals surface area contributed by atoms with Crippen LogP contribution in [0.3, 0.4) is 0 Å². The standard InChI is InChI=1S/C31H40N2O2S2/c34-30(36)22-11-12-23-26-13-14-27(31(35)37)24(9-7-19-32-15-3-1-4-16-32)29(26)25(28(23)21-22)10-8-20-33-17-5-2-6-18-33/h11-14,21,25H,1-10,15-20H2,(H,34,36)(H,35,37). The molecule has 2 fully saturated rings. The average molecular weight is 537 g/mol. The van der Waals surface area contributed by atoms with Gasteiger partial charge in [-0.25, -0.2) is 0 Å². The number of thiocarbonyl (C=S) groups is 2. The summed E-state index contributed by atoms with van der Waals surface area (Å²) in [6.07, 6.45) is 12.1. The molecule has 2 N–H and O–H groups in total. The number of aliphatic hydroxyl groups excluding tert-OH is 2. The lowest BCUT2D eigenvalue weighted by Gasteiger charge is -2.28. The first-order valence-corrected chi connectivity index (χ1v) is 15.1. The van der Waals surface area contributed by atoms with Gasteiger partial charge >= 0.3 is 0 Å². The lowest BCUT2D eigenvalue weighted by atomic mass is 9.85. The number of hydrogen-bond acceptors (Lipinski definition) is 4. The van der Waals surface area contributed by atoms with Gasteiger partial charge in [-0.05, 0) is 161 Å². The number of aliphatic hydroxyl groups is 2. The Morgan fingerprint density at radius 1 is 0.757 bits per heavy atom. The second kappa shape index (κ2) is 12.3. The number of likely N-dealkylation sites (tertiary alicyclic amines) is 2. The van der Waals surface area contributed by atoms with Crippen molar-refractivity contribution in [3.63, 3.8) is 0 Å². The summed E-state index contributed by atoms with van der Waals surface area (Å²) in [4.78, 5) is 5.20. The molecule has 0 aromatic heterocycles. The summed E-state index contributed by atoms with van der Waals surface area (Å²) >= 11 is 10.5. The Morgan fingerprint density at radius 3 is 2.00 bits per heavy atom. The Balaban J connectivity index is 1.45. The van der Waals surface area contributed by atoms with Crippen molar-refractivity contribution in [3.05, 3.63) is 58.1 Å². The van der Waals surface area contributed by atoms with Crippen molar-refractivity contribution in [2.75, 3.05) is 39.3 Å². The Bertz CT molecular complexity index is 1140. The van der Waals surface area contributed by atoms with Crippen molar-refractivity contribution >= 4 is 34.5 Å². The molecule has 198 valence electrons. The number of rotatable bonds is 10. The van der Waals surface area contributed by atoms with Gasteiger partial charge in [0.15, 0.2) is 10.1 Å². The molecule has 0 radical (unpaired) electrons. The van der Waals surface area contributed by atoms with Gasteiger partial charge in [0.25, 0.3) is 0 Å². The first-order valence-electron chi connectivity index (χ1n) is 14.2. The fourth-order valence-electron chi connectivity index (χ4n) is 6.82. The molecule has 2 saturated heterocycles. The number of benzene rings is 2. The molecule has 5 rings (SSSR count). The topological polar surface area (TPSA) is 46.9 Å². The molecule has 0 bridgehead atoms. The van der Waals surface area contributed by atoms with Crippen LogP contribution < -0.4 is 0 Å². The molecule has 0 spiro atoms. The highest BCUT2D eigenvalue weighted by atomic mass is 32.1. The van der Waals surface area contributed by atoms with Gasteiger partial charge in [-0.1, -0.05) is 25.0 Å². The highest BCUT2D eigenvalue weighted by Crippen LogP contribution is 2.49. The predicted molar refractivity (Wildman–Crippen MR) is 161 cm³/mol. The molecule has 0 amide bonds. The summed E-state index contributed by atoms with van der Waals surface area (Å²) in [5.74, 6) is 0.225. The minimum Gasteiger partial charge on any atom is -0.499 e. The van der Waals surface area contributed by atoms with Gasteiger partial charge in [0.1, 0.15) is 0 Å². The van der Waals surface area contributed by atoms with Crippen molar-refractivity contribution in [1.82, 2.24) is 9.80 Å². The first kappa shape index (κ1) is 26.7.